The second kappa shape index (κ2) is 24.1. The van der Waals surface area contributed by atoms with Gasteiger partial charge in [-0.25, -0.2) is 0 Å². The molecule has 0 aromatic heterocycles. The van der Waals surface area contributed by atoms with Crippen LogP contribution in [0.2, 0.25) is 0 Å². The zero-order valence-corrected chi connectivity index (χ0v) is 31.6. The number of benzene rings is 2. The fraction of sp³-hybridized carbons (Fsp3) is 0.714. The van der Waals surface area contributed by atoms with E-state index < -0.39 is 0 Å². The molecule has 274 valence electrons. The van der Waals surface area contributed by atoms with E-state index in [4.69, 9.17) is 4.74 Å². The van der Waals surface area contributed by atoms with E-state index in [1.165, 1.54) is 38.5 Å². The van der Waals surface area contributed by atoms with Gasteiger partial charge in [-0.2, -0.15) is 0 Å². The van der Waals surface area contributed by atoms with Crippen molar-refractivity contribution in [1.29, 1.82) is 0 Å². The standard InChI is InChI=1S/C42H72N2O4/c1-7-12-15-26-42(44(29-30-45,33-36(11-5)21-14-9-3)28-27-37-22-16-18-24-40(37)46)48-34(6)43-39(31-35(10-4)20-13-8-2)32-38-23-17-19-25-41(38)47/h16-19,22-25,34-36,39,42-43,45H,7-15,20-21,26-33H2,1-6H3,(H-,46,47)/p+1. The summed E-state index contributed by atoms with van der Waals surface area (Å²) < 4.78 is 7.90. The molecule has 0 aliphatic rings. The quantitative estimate of drug-likeness (QED) is 0.0412. The Balaban J connectivity index is 2.46. The molecule has 0 bridgehead atoms. The maximum Gasteiger partial charge on any atom is 0.195 e. The van der Waals surface area contributed by atoms with Crippen LogP contribution >= 0.6 is 0 Å². The van der Waals surface area contributed by atoms with Crippen LogP contribution in [0.15, 0.2) is 48.5 Å². The lowest BCUT2D eigenvalue weighted by Gasteiger charge is -2.47. The number of quaternary nitrogens is 1. The summed E-state index contributed by atoms with van der Waals surface area (Å²) in [4.78, 5) is 0. The molecule has 0 saturated heterocycles. The number of nitrogens with one attached hydrogen (secondary N) is 1. The summed E-state index contributed by atoms with van der Waals surface area (Å²) in [7, 11) is 0. The van der Waals surface area contributed by atoms with E-state index >= 15 is 0 Å². The zero-order chi connectivity index (χ0) is 35.2. The average molecular weight is 670 g/mol. The molecule has 48 heavy (non-hydrogen) atoms. The highest BCUT2D eigenvalue weighted by molar-refractivity contribution is 5.33. The minimum absolute atomic E-state index is 0.0828. The van der Waals surface area contributed by atoms with Crippen LogP contribution < -0.4 is 5.32 Å². The Bertz CT molecular complexity index is 1100. The van der Waals surface area contributed by atoms with Gasteiger partial charge in [0.2, 0.25) is 0 Å². The van der Waals surface area contributed by atoms with Gasteiger partial charge < -0.3 is 20.1 Å². The van der Waals surface area contributed by atoms with Crippen LogP contribution in [0.3, 0.4) is 0 Å². The van der Waals surface area contributed by atoms with Gasteiger partial charge in [0.1, 0.15) is 24.3 Å². The molecule has 6 unspecified atom stereocenters. The van der Waals surface area contributed by atoms with Crippen molar-refractivity contribution in [2.24, 2.45) is 11.8 Å². The minimum Gasteiger partial charge on any atom is -0.508 e. The topological polar surface area (TPSA) is 82.0 Å². The minimum atomic E-state index is -0.201. The van der Waals surface area contributed by atoms with E-state index in [2.05, 4.69) is 46.9 Å². The van der Waals surface area contributed by atoms with Crippen LogP contribution in [0.1, 0.15) is 136 Å². The first kappa shape index (κ1) is 42.0. The second-order valence-corrected chi connectivity index (χ2v) is 14.4. The lowest BCUT2D eigenvalue weighted by molar-refractivity contribution is -0.976. The molecule has 6 nitrogen and oxygen atoms in total. The molecule has 0 saturated carbocycles. The molecule has 0 spiro atoms. The number of phenolic OH excluding ortho intramolecular Hbond substituents is 2. The predicted octanol–water partition coefficient (Wildman–Crippen LogP) is 9.74. The number of aliphatic hydroxyl groups excluding tert-OH is 1. The first-order chi connectivity index (χ1) is 23.2. The molecule has 2 aromatic carbocycles. The van der Waals surface area contributed by atoms with E-state index in [1.54, 1.807) is 12.1 Å². The van der Waals surface area contributed by atoms with Crippen molar-refractivity contribution in [1.82, 2.24) is 5.32 Å². The van der Waals surface area contributed by atoms with E-state index in [0.717, 1.165) is 82.0 Å². The highest BCUT2D eigenvalue weighted by Crippen LogP contribution is 2.30. The van der Waals surface area contributed by atoms with Crippen LogP contribution in [0.4, 0.5) is 0 Å². The van der Waals surface area contributed by atoms with Crippen molar-refractivity contribution in [2.75, 3.05) is 26.2 Å². The normalized spacial score (nSPS) is 16.2. The van der Waals surface area contributed by atoms with Gasteiger partial charge in [-0.1, -0.05) is 122 Å². The smallest absolute Gasteiger partial charge is 0.195 e. The first-order valence-electron chi connectivity index (χ1n) is 19.7. The van der Waals surface area contributed by atoms with Crippen molar-refractivity contribution in [3.05, 3.63) is 59.7 Å². The third-order valence-corrected chi connectivity index (χ3v) is 10.6. The Morgan fingerprint density at radius 1 is 0.708 bits per heavy atom. The number of hydrogen-bond donors (Lipinski definition) is 4. The van der Waals surface area contributed by atoms with Crippen molar-refractivity contribution in [3.63, 3.8) is 0 Å². The number of para-hydroxylation sites is 2. The first-order valence-corrected chi connectivity index (χ1v) is 19.7. The van der Waals surface area contributed by atoms with Crippen molar-refractivity contribution in [3.8, 4) is 11.5 Å². The third-order valence-electron chi connectivity index (χ3n) is 10.6. The lowest BCUT2D eigenvalue weighted by Crippen LogP contribution is -2.62. The predicted molar refractivity (Wildman–Crippen MR) is 202 cm³/mol. The fourth-order valence-corrected chi connectivity index (χ4v) is 7.59. The molecule has 2 aromatic rings. The summed E-state index contributed by atoms with van der Waals surface area (Å²) in [5.41, 5.74) is 1.93. The number of unbranched alkanes of at least 4 members (excludes halogenated alkanes) is 4. The largest absolute Gasteiger partial charge is 0.508 e. The molecule has 0 amide bonds. The van der Waals surface area contributed by atoms with Crippen LogP contribution in [0, 0.1) is 11.8 Å². The van der Waals surface area contributed by atoms with Gasteiger partial charge in [0.15, 0.2) is 6.23 Å². The zero-order valence-electron chi connectivity index (χ0n) is 31.6. The van der Waals surface area contributed by atoms with Gasteiger partial charge in [0, 0.05) is 24.8 Å². The van der Waals surface area contributed by atoms with Gasteiger partial charge in [-0.15, -0.1) is 0 Å². The van der Waals surface area contributed by atoms with Gasteiger partial charge in [-0.3, -0.25) is 9.80 Å². The van der Waals surface area contributed by atoms with E-state index in [9.17, 15) is 15.3 Å². The molecule has 0 aliphatic carbocycles. The Labute approximate surface area is 294 Å². The SMILES string of the molecule is CCCCCC(OC(C)NC(Cc1ccccc1O)CC(CC)CCCC)[N+](CCO)(CCc1ccccc1O)CC(CC)CCCC. The highest BCUT2D eigenvalue weighted by Gasteiger charge is 2.40. The monoisotopic (exact) mass is 670 g/mol. The number of ether oxygens (including phenoxy) is 1. The summed E-state index contributed by atoms with van der Waals surface area (Å²) >= 11 is 0. The van der Waals surface area contributed by atoms with Gasteiger partial charge >= 0.3 is 0 Å². The molecular weight excluding hydrogens is 596 g/mol. The number of aromatic hydroxyl groups is 2. The maximum absolute atomic E-state index is 10.7. The molecule has 6 atom stereocenters. The third kappa shape index (κ3) is 14.8. The Hall–Kier alpha value is -2.12. The summed E-state index contributed by atoms with van der Waals surface area (Å²) in [5.74, 6) is 1.86. The van der Waals surface area contributed by atoms with Crippen LogP contribution in [0.25, 0.3) is 0 Å². The number of phenols is 2. The molecular formula is C42H73N2O4+. The van der Waals surface area contributed by atoms with Crippen molar-refractivity contribution >= 4 is 0 Å². The average Bonchev–Trinajstić information content (AvgIpc) is 3.08. The van der Waals surface area contributed by atoms with E-state index in [-0.39, 0.29) is 25.1 Å². The Morgan fingerprint density at radius 3 is 1.85 bits per heavy atom. The summed E-state index contributed by atoms with van der Waals surface area (Å²) in [6.45, 7) is 16.0. The number of nitrogens with zero attached hydrogens (tertiary/aromatic N) is 1. The van der Waals surface area contributed by atoms with Crippen LogP contribution in [0.5, 0.6) is 11.5 Å². The molecule has 0 fully saturated rings. The van der Waals surface area contributed by atoms with E-state index in [0.29, 0.717) is 34.4 Å². The van der Waals surface area contributed by atoms with Crippen LogP contribution in [-0.4, -0.2) is 64.5 Å². The Kier molecular flexibility index (Phi) is 21.1. The van der Waals surface area contributed by atoms with E-state index in [1.807, 2.05) is 36.4 Å². The number of rotatable bonds is 28. The molecule has 0 radical (unpaired) electrons. The van der Waals surface area contributed by atoms with Crippen molar-refractivity contribution in [2.45, 2.75) is 156 Å². The molecule has 0 aliphatic heterocycles. The van der Waals surface area contributed by atoms with Gasteiger partial charge in [0.05, 0.1) is 19.7 Å². The molecule has 0 heterocycles. The maximum atomic E-state index is 10.7. The molecule has 4 N–H and O–H groups in total. The van der Waals surface area contributed by atoms with Crippen molar-refractivity contribution < 1.29 is 24.5 Å². The number of aliphatic hydroxyl groups is 1. The fourth-order valence-electron chi connectivity index (χ4n) is 7.59. The second-order valence-electron chi connectivity index (χ2n) is 14.4. The summed E-state index contributed by atoms with van der Waals surface area (Å²) in [6, 6.07) is 15.6. The molecule has 2 rings (SSSR count). The van der Waals surface area contributed by atoms with Crippen LogP contribution in [-0.2, 0) is 17.6 Å². The summed E-state index contributed by atoms with van der Waals surface area (Å²) in [5, 5.41) is 36.0. The number of hydrogen-bond acceptors (Lipinski definition) is 5. The highest BCUT2D eigenvalue weighted by atomic mass is 16.5. The Morgan fingerprint density at radius 2 is 1.29 bits per heavy atom. The molecule has 6 heteroatoms. The van der Waals surface area contributed by atoms with Gasteiger partial charge in [-0.05, 0) is 68.2 Å². The van der Waals surface area contributed by atoms with Gasteiger partial charge in [0.25, 0.3) is 0 Å². The lowest BCUT2D eigenvalue weighted by atomic mass is 9.89. The summed E-state index contributed by atoms with van der Waals surface area (Å²) in [6.07, 6.45) is 16.0.